The molecule has 0 atom stereocenters. The summed E-state index contributed by atoms with van der Waals surface area (Å²) < 4.78 is 1.69. The minimum atomic E-state index is 0. The summed E-state index contributed by atoms with van der Waals surface area (Å²) in [5.74, 6) is 0.866. The largest absolute Gasteiger partial charge is 0.356 e. The number of para-hydroxylation sites is 1. The van der Waals surface area contributed by atoms with Crippen LogP contribution in [0.1, 0.15) is 18.4 Å². The number of aromatic nitrogens is 2. The summed E-state index contributed by atoms with van der Waals surface area (Å²) in [5.41, 5.74) is 3.10. The van der Waals surface area contributed by atoms with Crippen molar-refractivity contribution < 1.29 is 9.59 Å². The number of carbonyl (C=O) groups excluding carboxylic acids is 2. The molecular formula is C22H30IN7O2. The lowest BCUT2D eigenvalue weighted by Crippen LogP contribution is -2.55. The Morgan fingerprint density at radius 1 is 1.22 bits per heavy atom. The molecule has 0 saturated carbocycles. The number of amides is 2. The van der Waals surface area contributed by atoms with Crippen LogP contribution in [0.3, 0.4) is 0 Å². The number of guanidine groups is 1. The van der Waals surface area contributed by atoms with Crippen LogP contribution in [-0.2, 0) is 23.1 Å². The van der Waals surface area contributed by atoms with Crippen LogP contribution in [-0.4, -0.2) is 72.2 Å². The van der Waals surface area contributed by atoms with Gasteiger partial charge in [0.25, 0.3) is 0 Å². The Hall–Kier alpha value is -2.63. The molecule has 1 aromatic heterocycles. The van der Waals surface area contributed by atoms with Gasteiger partial charge in [-0.2, -0.15) is 5.10 Å². The number of aliphatic imine (C=N–C) groups is 1. The zero-order valence-electron chi connectivity index (χ0n) is 18.5. The highest BCUT2D eigenvalue weighted by Crippen LogP contribution is 2.28. The van der Waals surface area contributed by atoms with Gasteiger partial charge in [-0.15, -0.1) is 24.0 Å². The summed E-state index contributed by atoms with van der Waals surface area (Å²) in [4.78, 5) is 35.2. The van der Waals surface area contributed by atoms with Gasteiger partial charge in [0, 0.05) is 58.6 Å². The first-order chi connectivity index (χ1) is 15.1. The molecule has 1 saturated heterocycles. The molecule has 2 aliphatic heterocycles. The molecule has 0 unspecified atom stereocenters. The minimum absolute atomic E-state index is 0. The first-order valence-electron chi connectivity index (χ1n) is 10.7. The number of nitrogens with zero attached hydrogens (tertiary/aromatic N) is 6. The second kappa shape index (κ2) is 10.8. The second-order valence-corrected chi connectivity index (χ2v) is 7.84. The van der Waals surface area contributed by atoms with E-state index >= 15 is 0 Å². The maximum Gasteiger partial charge on any atom is 0.246 e. The fraction of sp³-hybridized carbons (Fsp3) is 0.455. The van der Waals surface area contributed by atoms with Crippen LogP contribution < -0.4 is 15.1 Å². The monoisotopic (exact) mass is 551 g/mol. The Balaban J connectivity index is 0.00000289. The quantitative estimate of drug-likeness (QED) is 0.265. The lowest BCUT2D eigenvalue weighted by atomic mass is 10.2. The van der Waals surface area contributed by atoms with Gasteiger partial charge >= 0.3 is 0 Å². The SMILES string of the molecule is CN=C(NCCCC(=O)N1CCc2ccccc21)N1CCN(c2cnn(C)c2)C(=O)C1.I. The molecule has 1 fully saturated rings. The minimum Gasteiger partial charge on any atom is -0.356 e. The van der Waals surface area contributed by atoms with Crippen molar-refractivity contribution in [3.63, 3.8) is 0 Å². The number of hydrogen-bond acceptors (Lipinski definition) is 4. The lowest BCUT2D eigenvalue weighted by Gasteiger charge is -2.35. The first-order valence-corrected chi connectivity index (χ1v) is 10.7. The van der Waals surface area contributed by atoms with Gasteiger partial charge in [-0.1, -0.05) is 18.2 Å². The van der Waals surface area contributed by atoms with Crippen molar-refractivity contribution in [2.24, 2.45) is 12.0 Å². The Bertz CT molecular complexity index is 990. The summed E-state index contributed by atoms with van der Waals surface area (Å²) in [6.07, 6.45) is 5.66. The topological polar surface area (TPSA) is 86.1 Å². The highest BCUT2D eigenvalue weighted by Gasteiger charge is 2.28. The summed E-state index contributed by atoms with van der Waals surface area (Å²) in [6, 6.07) is 8.10. The van der Waals surface area contributed by atoms with Crippen molar-refractivity contribution >= 4 is 53.1 Å². The number of rotatable bonds is 5. The number of nitrogens with one attached hydrogen (secondary N) is 1. The molecule has 3 heterocycles. The number of benzene rings is 1. The number of carbonyl (C=O) groups is 2. The highest BCUT2D eigenvalue weighted by molar-refractivity contribution is 14.0. The molecule has 32 heavy (non-hydrogen) atoms. The summed E-state index contributed by atoms with van der Waals surface area (Å²) >= 11 is 0. The number of hydrogen-bond donors (Lipinski definition) is 1. The fourth-order valence-corrected chi connectivity index (χ4v) is 4.18. The average Bonchev–Trinajstić information content (AvgIpc) is 3.40. The maximum absolute atomic E-state index is 12.6. The predicted molar refractivity (Wildman–Crippen MR) is 136 cm³/mol. The summed E-state index contributed by atoms with van der Waals surface area (Å²) in [6.45, 7) is 2.92. The van der Waals surface area contributed by atoms with Crippen molar-refractivity contribution in [1.29, 1.82) is 0 Å². The van der Waals surface area contributed by atoms with E-state index in [0.29, 0.717) is 38.4 Å². The van der Waals surface area contributed by atoms with E-state index in [2.05, 4.69) is 21.5 Å². The van der Waals surface area contributed by atoms with Gasteiger partial charge in [-0.25, -0.2) is 0 Å². The number of aryl methyl sites for hydroxylation is 1. The lowest BCUT2D eigenvalue weighted by molar-refractivity contribution is -0.120. The standard InChI is InChI=1S/C22H29N7O2.HI/c1-23-22(27-12-13-28(21(31)16-27)18-14-25-26(2)15-18)24-10-5-8-20(30)29-11-9-17-6-3-4-7-19(17)29;/h3-4,6-7,14-15H,5,8-13,16H2,1-2H3,(H,23,24);1H. The van der Waals surface area contributed by atoms with Crippen LogP contribution >= 0.6 is 24.0 Å². The molecule has 2 aromatic rings. The molecule has 2 amide bonds. The molecule has 10 heteroatoms. The van der Waals surface area contributed by atoms with Gasteiger partial charge in [-0.3, -0.25) is 19.3 Å². The van der Waals surface area contributed by atoms with Crippen molar-refractivity contribution in [3.05, 3.63) is 42.2 Å². The molecule has 0 radical (unpaired) electrons. The highest BCUT2D eigenvalue weighted by atomic mass is 127. The molecule has 0 bridgehead atoms. The fourth-order valence-electron chi connectivity index (χ4n) is 4.18. The zero-order valence-corrected chi connectivity index (χ0v) is 20.9. The molecule has 1 N–H and O–H groups in total. The van der Waals surface area contributed by atoms with Crippen molar-refractivity contribution in [2.45, 2.75) is 19.3 Å². The first kappa shape index (κ1) is 24.0. The van der Waals surface area contributed by atoms with Crippen LogP contribution in [0.2, 0.25) is 0 Å². The van der Waals surface area contributed by atoms with E-state index < -0.39 is 0 Å². The van der Waals surface area contributed by atoms with Crippen LogP contribution in [0.5, 0.6) is 0 Å². The number of fused-ring (bicyclic) bond motifs is 1. The molecule has 172 valence electrons. The van der Waals surface area contributed by atoms with Crippen LogP contribution in [0.25, 0.3) is 0 Å². The van der Waals surface area contributed by atoms with E-state index in [1.807, 2.05) is 41.2 Å². The molecular weight excluding hydrogens is 521 g/mol. The van der Waals surface area contributed by atoms with Crippen LogP contribution in [0.15, 0.2) is 41.7 Å². The van der Waals surface area contributed by atoms with Crippen molar-refractivity contribution in [1.82, 2.24) is 20.0 Å². The molecule has 9 nitrogen and oxygen atoms in total. The van der Waals surface area contributed by atoms with E-state index in [1.54, 1.807) is 22.8 Å². The summed E-state index contributed by atoms with van der Waals surface area (Å²) in [5, 5.41) is 7.45. The van der Waals surface area contributed by atoms with Gasteiger partial charge in [0.05, 0.1) is 11.9 Å². The second-order valence-electron chi connectivity index (χ2n) is 7.84. The Morgan fingerprint density at radius 3 is 2.75 bits per heavy atom. The van der Waals surface area contributed by atoms with E-state index in [0.717, 1.165) is 24.3 Å². The van der Waals surface area contributed by atoms with Crippen molar-refractivity contribution in [3.8, 4) is 0 Å². The Labute approximate surface area is 205 Å². The Morgan fingerprint density at radius 2 is 2.03 bits per heavy atom. The smallest absolute Gasteiger partial charge is 0.246 e. The number of anilines is 2. The number of halogens is 1. The normalized spacial score (nSPS) is 16.1. The van der Waals surface area contributed by atoms with Crippen molar-refractivity contribution in [2.75, 3.05) is 49.6 Å². The molecule has 2 aliphatic rings. The average molecular weight is 551 g/mol. The van der Waals surface area contributed by atoms with E-state index in [1.165, 1.54) is 5.56 Å². The molecule has 0 aliphatic carbocycles. The van der Waals surface area contributed by atoms with Gasteiger partial charge in [0.15, 0.2) is 5.96 Å². The van der Waals surface area contributed by atoms with Gasteiger partial charge < -0.3 is 20.0 Å². The Kier molecular flexibility index (Phi) is 8.10. The third-order valence-corrected chi connectivity index (χ3v) is 5.77. The predicted octanol–water partition coefficient (Wildman–Crippen LogP) is 1.63. The third kappa shape index (κ3) is 5.22. The molecule has 0 spiro atoms. The molecule has 4 rings (SSSR count). The summed E-state index contributed by atoms with van der Waals surface area (Å²) in [7, 11) is 3.55. The van der Waals surface area contributed by atoms with E-state index in [9.17, 15) is 9.59 Å². The third-order valence-electron chi connectivity index (χ3n) is 5.77. The van der Waals surface area contributed by atoms with Gasteiger partial charge in [0.1, 0.15) is 6.54 Å². The van der Waals surface area contributed by atoms with E-state index in [-0.39, 0.29) is 42.3 Å². The maximum atomic E-state index is 12.6. The molecule has 1 aromatic carbocycles. The van der Waals surface area contributed by atoms with Gasteiger partial charge in [-0.05, 0) is 24.5 Å². The van der Waals surface area contributed by atoms with Crippen LogP contribution in [0.4, 0.5) is 11.4 Å². The zero-order chi connectivity index (χ0) is 21.8. The number of piperazine rings is 1. The van der Waals surface area contributed by atoms with Crippen LogP contribution in [0, 0.1) is 0 Å². The van der Waals surface area contributed by atoms with Gasteiger partial charge in [0.2, 0.25) is 11.8 Å². The van der Waals surface area contributed by atoms with E-state index in [4.69, 9.17) is 0 Å².